The van der Waals surface area contributed by atoms with Gasteiger partial charge in [0.2, 0.25) is 5.91 Å². The molecule has 0 aromatic carbocycles. The molecular formula is C12H23NO4Si. The minimum Gasteiger partial charge on any atom is -0.480 e. The molecule has 0 radical (unpaired) electrons. The summed E-state index contributed by atoms with van der Waals surface area (Å²) in [4.78, 5) is 22.9. The van der Waals surface area contributed by atoms with E-state index in [0.29, 0.717) is 0 Å². The zero-order valence-electron chi connectivity index (χ0n) is 11.9. The molecule has 2 N–H and O–H groups in total. The zero-order valence-corrected chi connectivity index (χ0v) is 13.1. The first-order chi connectivity index (χ1) is 8.00. The van der Waals surface area contributed by atoms with Gasteiger partial charge >= 0.3 is 5.97 Å². The quantitative estimate of drug-likeness (QED) is 0.591. The van der Waals surface area contributed by atoms with Crippen molar-refractivity contribution in [2.75, 3.05) is 0 Å². The first-order valence-corrected chi connectivity index (χ1v) is 9.00. The van der Waals surface area contributed by atoms with Crippen LogP contribution < -0.4 is 5.32 Å². The number of carbonyl (C=O) groups excluding carboxylic acids is 1. The van der Waals surface area contributed by atoms with Crippen LogP contribution in [0, 0.1) is 11.3 Å². The topological polar surface area (TPSA) is 75.6 Å². The average Bonchev–Trinajstić information content (AvgIpc) is 2.09. The van der Waals surface area contributed by atoms with Gasteiger partial charge in [0.25, 0.3) is 0 Å². The number of carbonyl (C=O) groups is 2. The number of amides is 1. The van der Waals surface area contributed by atoms with Gasteiger partial charge in [-0.05, 0) is 25.4 Å². The number of hydrogen-bond donors (Lipinski definition) is 2. The molecule has 0 aromatic heterocycles. The Kier molecular flexibility index (Phi) is 3.93. The van der Waals surface area contributed by atoms with E-state index in [1.54, 1.807) is 0 Å². The lowest BCUT2D eigenvalue weighted by molar-refractivity contribution is -0.171. The summed E-state index contributed by atoms with van der Waals surface area (Å²) in [6, 6.07) is -0.838. The molecule has 104 valence electrons. The Balaban J connectivity index is 3.11. The molecule has 1 amide bonds. The summed E-state index contributed by atoms with van der Waals surface area (Å²) in [6.45, 7) is 11.9. The van der Waals surface area contributed by atoms with Crippen LogP contribution in [0.1, 0.15) is 27.7 Å². The van der Waals surface area contributed by atoms with Crippen molar-refractivity contribution in [3.05, 3.63) is 0 Å². The molecule has 0 saturated carbocycles. The van der Waals surface area contributed by atoms with Crippen molar-refractivity contribution in [1.82, 2.24) is 5.32 Å². The van der Waals surface area contributed by atoms with Gasteiger partial charge in [-0.1, -0.05) is 20.8 Å². The van der Waals surface area contributed by atoms with Crippen molar-refractivity contribution in [2.45, 2.75) is 52.4 Å². The van der Waals surface area contributed by atoms with E-state index in [0.717, 1.165) is 0 Å². The molecule has 0 aromatic rings. The SMILES string of the molecule is C[SiH](C)OC(C)(C1C(=O)NC1C(=O)O)C(C)(C)C. The minimum atomic E-state index is -1.39. The van der Waals surface area contributed by atoms with Gasteiger partial charge in [-0.15, -0.1) is 0 Å². The number of carboxylic acids is 1. The molecule has 0 spiro atoms. The number of carboxylic acid groups (broad SMARTS) is 1. The largest absolute Gasteiger partial charge is 0.480 e. The van der Waals surface area contributed by atoms with Gasteiger partial charge in [0.05, 0.1) is 11.5 Å². The average molecular weight is 273 g/mol. The van der Waals surface area contributed by atoms with E-state index in [-0.39, 0.29) is 11.3 Å². The van der Waals surface area contributed by atoms with Crippen molar-refractivity contribution < 1.29 is 19.1 Å². The summed E-state index contributed by atoms with van der Waals surface area (Å²) in [5.74, 6) is -1.84. The summed E-state index contributed by atoms with van der Waals surface area (Å²) < 4.78 is 6.07. The van der Waals surface area contributed by atoms with Gasteiger partial charge in [-0.3, -0.25) is 4.79 Å². The molecule has 0 bridgehead atoms. The van der Waals surface area contributed by atoms with E-state index in [1.165, 1.54) is 0 Å². The maximum atomic E-state index is 11.8. The Hall–Kier alpha value is -0.883. The number of nitrogens with one attached hydrogen (secondary N) is 1. The van der Waals surface area contributed by atoms with Gasteiger partial charge in [0.1, 0.15) is 6.04 Å². The molecule has 1 rings (SSSR count). The Bertz CT molecular complexity index is 364. The summed E-state index contributed by atoms with van der Waals surface area (Å²) in [7, 11) is -1.39. The highest BCUT2D eigenvalue weighted by molar-refractivity contribution is 6.48. The van der Waals surface area contributed by atoms with Gasteiger partial charge < -0.3 is 14.8 Å². The molecule has 6 heteroatoms. The summed E-state index contributed by atoms with van der Waals surface area (Å²) >= 11 is 0. The first-order valence-electron chi connectivity index (χ1n) is 6.21. The van der Waals surface area contributed by atoms with E-state index >= 15 is 0 Å². The van der Waals surface area contributed by atoms with E-state index in [9.17, 15) is 9.59 Å². The predicted octanol–water partition coefficient (Wildman–Crippen LogP) is 0.990. The van der Waals surface area contributed by atoms with Crippen molar-refractivity contribution in [2.24, 2.45) is 11.3 Å². The number of β-lactam (4-membered cyclic amide) rings is 1. The van der Waals surface area contributed by atoms with Crippen LogP contribution >= 0.6 is 0 Å². The molecule has 0 aliphatic carbocycles. The third kappa shape index (κ3) is 2.44. The summed E-state index contributed by atoms with van der Waals surface area (Å²) in [5, 5.41) is 11.6. The Labute approximate surface area is 110 Å². The molecule has 1 fully saturated rings. The van der Waals surface area contributed by atoms with Crippen molar-refractivity contribution >= 4 is 20.9 Å². The van der Waals surface area contributed by atoms with Crippen LogP contribution in [0.2, 0.25) is 13.1 Å². The van der Waals surface area contributed by atoms with Crippen molar-refractivity contribution in [3.8, 4) is 0 Å². The van der Waals surface area contributed by atoms with Gasteiger partial charge in [-0.25, -0.2) is 4.79 Å². The monoisotopic (exact) mass is 273 g/mol. The first kappa shape index (κ1) is 15.2. The fourth-order valence-corrected chi connectivity index (χ4v) is 3.84. The lowest BCUT2D eigenvalue weighted by Gasteiger charge is -2.53. The molecular weight excluding hydrogens is 250 g/mol. The van der Waals surface area contributed by atoms with Crippen LogP contribution in [0.25, 0.3) is 0 Å². The Morgan fingerprint density at radius 1 is 1.33 bits per heavy atom. The van der Waals surface area contributed by atoms with Gasteiger partial charge in [-0.2, -0.15) is 0 Å². The van der Waals surface area contributed by atoms with E-state index in [1.807, 2.05) is 40.8 Å². The van der Waals surface area contributed by atoms with E-state index in [4.69, 9.17) is 9.53 Å². The number of hydrogen-bond acceptors (Lipinski definition) is 3. The number of rotatable bonds is 4. The van der Waals surface area contributed by atoms with Crippen LogP contribution in [0.4, 0.5) is 0 Å². The fourth-order valence-electron chi connectivity index (χ4n) is 2.36. The van der Waals surface area contributed by atoms with Crippen LogP contribution in [0.3, 0.4) is 0 Å². The zero-order chi connectivity index (χ0) is 14.3. The van der Waals surface area contributed by atoms with Crippen LogP contribution in [-0.2, 0) is 14.0 Å². The molecule has 3 atom stereocenters. The van der Waals surface area contributed by atoms with Crippen molar-refractivity contribution in [1.29, 1.82) is 0 Å². The molecule has 1 heterocycles. The second-order valence-corrected chi connectivity index (χ2v) is 8.66. The maximum Gasteiger partial charge on any atom is 0.327 e. The highest BCUT2D eigenvalue weighted by Gasteiger charge is 2.59. The molecule has 1 saturated heterocycles. The highest BCUT2D eigenvalue weighted by atomic mass is 28.3. The van der Waals surface area contributed by atoms with Gasteiger partial charge in [0, 0.05) is 0 Å². The van der Waals surface area contributed by atoms with Gasteiger partial charge in [0.15, 0.2) is 9.04 Å². The molecule has 1 aliphatic rings. The predicted molar refractivity (Wildman–Crippen MR) is 70.9 cm³/mol. The van der Waals surface area contributed by atoms with Crippen LogP contribution in [0.5, 0.6) is 0 Å². The second-order valence-electron chi connectivity index (χ2n) is 6.33. The number of aliphatic carboxylic acids is 1. The lowest BCUT2D eigenvalue weighted by Crippen LogP contribution is -2.72. The smallest absolute Gasteiger partial charge is 0.327 e. The van der Waals surface area contributed by atoms with Crippen LogP contribution in [-0.4, -0.2) is 37.7 Å². The summed E-state index contributed by atoms with van der Waals surface area (Å²) in [5.41, 5.74) is -1.06. The fraction of sp³-hybridized carbons (Fsp3) is 0.833. The molecule has 5 nitrogen and oxygen atoms in total. The second kappa shape index (κ2) is 4.66. The molecule has 3 unspecified atom stereocenters. The van der Waals surface area contributed by atoms with E-state index < -0.39 is 32.6 Å². The lowest BCUT2D eigenvalue weighted by atomic mass is 9.64. The molecule has 1 aliphatic heterocycles. The highest BCUT2D eigenvalue weighted by Crippen LogP contribution is 2.44. The standard InChI is InChI=1S/C12H23NO4Si/c1-11(2,3)12(4,17-18(5)6)7-8(10(15)16)13-9(7)14/h7-8,18H,1-6H3,(H,13,14)(H,15,16). The third-order valence-electron chi connectivity index (χ3n) is 3.74. The third-order valence-corrected chi connectivity index (χ3v) is 4.70. The van der Waals surface area contributed by atoms with Crippen LogP contribution in [0.15, 0.2) is 0 Å². The Morgan fingerprint density at radius 3 is 2.11 bits per heavy atom. The van der Waals surface area contributed by atoms with Crippen molar-refractivity contribution in [3.63, 3.8) is 0 Å². The summed E-state index contributed by atoms with van der Waals surface area (Å²) in [6.07, 6.45) is 0. The normalized spacial score (nSPS) is 27.4. The Morgan fingerprint density at radius 2 is 1.83 bits per heavy atom. The molecule has 18 heavy (non-hydrogen) atoms. The van der Waals surface area contributed by atoms with E-state index in [2.05, 4.69) is 5.32 Å². The maximum absolute atomic E-state index is 11.8. The minimum absolute atomic E-state index is 0.227.